The molecule has 2 aromatic rings. The van der Waals surface area contributed by atoms with Crippen LogP contribution in [0.2, 0.25) is 5.15 Å². The van der Waals surface area contributed by atoms with Gasteiger partial charge in [-0.3, -0.25) is 0 Å². The zero-order chi connectivity index (χ0) is 14.4. The number of hydrogen-bond acceptors (Lipinski definition) is 6. The molecule has 0 aliphatic rings. The monoisotopic (exact) mass is 299 g/mol. The average molecular weight is 300 g/mol. The molecule has 7 nitrogen and oxygen atoms in total. The third-order valence-electron chi connectivity index (χ3n) is 2.87. The number of methoxy groups -OCH3 is 2. The van der Waals surface area contributed by atoms with E-state index in [9.17, 15) is 0 Å². The fourth-order valence-corrected chi connectivity index (χ4v) is 2.11. The molecule has 0 saturated carbocycles. The Balaban J connectivity index is 2.26. The van der Waals surface area contributed by atoms with Crippen LogP contribution >= 0.6 is 11.6 Å². The zero-order valence-electron chi connectivity index (χ0n) is 11.6. The summed E-state index contributed by atoms with van der Waals surface area (Å²) in [6.45, 7) is 2.86. The minimum absolute atomic E-state index is 0.398. The lowest BCUT2D eigenvalue weighted by Crippen LogP contribution is -2.31. The Morgan fingerprint density at radius 3 is 2.80 bits per heavy atom. The van der Waals surface area contributed by atoms with Crippen LogP contribution in [0.5, 0.6) is 0 Å². The summed E-state index contributed by atoms with van der Waals surface area (Å²) in [4.78, 5) is 10.3. The molecule has 0 bridgehead atoms. The van der Waals surface area contributed by atoms with E-state index in [4.69, 9.17) is 21.1 Å². The highest BCUT2D eigenvalue weighted by Crippen LogP contribution is 2.19. The van der Waals surface area contributed by atoms with E-state index in [1.54, 1.807) is 24.8 Å². The predicted octanol–water partition coefficient (Wildman–Crippen LogP) is 1.27. The van der Waals surface area contributed by atoms with Gasteiger partial charge in [0, 0.05) is 40.0 Å². The van der Waals surface area contributed by atoms with Gasteiger partial charge < -0.3 is 14.4 Å². The number of hydrogen-bond donors (Lipinski definition) is 0. The van der Waals surface area contributed by atoms with Gasteiger partial charge in [0.05, 0.1) is 6.61 Å². The van der Waals surface area contributed by atoms with E-state index in [2.05, 4.69) is 20.0 Å². The first kappa shape index (κ1) is 15.0. The Bertz CT molecular complexity index is 548. The van der Waals surface area contributed by atoms with Gasteiger partial charge in [-0.05, 0) is 6.42 Å². The second-order valence-corrected chi connectivity index (χ2v) is 4.62. The number of anilines is 1. The van der Waals surface area contributed by atoms with E-state index in [0.717, 1.165) is 25.3 Å². The summed E-state index contributed by atoms with van der Waals surface area (Å²) in [5.74, 6) is 1.34. The molecule has 0 amide bonds. The molecule has 0 radical (unpaired) electrons. The van der Waals surface area contributed by atoms with E-state index < -0.39 is 0 Å². The summed E-state index contributed by atoms with van der Waals surface area (Å²) in [5, 5.41) is 4.59. The van der Waals surface area contributed by atoms with Gasteiger partial charge in [-0.2, -0.15) is 19.6 Å². The normalized spacial score (nSPS) is 11.2. The molecule has 0 N–H and O–H groups in total. The van der Waals surface area contributed by atoms with Gasteiger partial charge in [-0.25, -0.2) is 0 Å². The van der Waals surface area contributed by atoms with Gasteiger partial charge in [-0.15, -0.1) is 0 Å². The number of nitrogens with zero attached hydrogens (tertiary/aromatic N) is 5. The molecule has 0 aliphatic heterocycles. The Morgan fingerprint density at radius 1 is 1.25 bits per heavy atom. The second kappa shape index (κ2) is 7.37. The van der Waals surface area contributed by atoms with Crippen molar-refractivity contribution in [2.24, 2.45) is 0 Å². The quantitative estimate of drug-likeness (QED) is 0.540. The summed E-state index contributed by atoms with van der Waals surface area (Å²) in [5.41, 5.74) is 0. The van der Waals surface area contributed by atoms with Gasteiger partial charge in [0.25, 0.3) is 5.78 Å². The molecular weight excluding hydrogens is 282 g/mol. The van der Waals surface area contributed by atoms with Crippen LogP contribution in [0.15, 0.2) is 12.4 Å². The molecule has 2 aromatic heterocycles. The van der Waals surface area contributed by atoms with Gasteiger partial charge in [-0.1, -0.05) is 11.6 Å². The Hall–Kier alpha value is -1.44. The Kier molecular flexibility index (Phi) is 5.51. The molecule has 0 aromatic carbocycles. The van der Waals surface area contributed by atoms with E-state index in [1.807, 2.05) is 0 Å². The first-order valence-corrected chi connectivity index (χ1v) is 6.73. The van der Waals surface area contributed by atoms with Crippen molar-refractivity contribution in [3.63, 3.8) is 0 Å². The van der Waals surface area contributed by atoms with Crippen LogP contribution in [0.1, 0.15) is 6.42 Å². The third-order valence-corrected chi connectivity index (χ3v) is 3.06. The summed E-state index contributed by atoms with van der Waals surface area (Å²) in [7, 11) is 3.37. The predicted molar refractivity (Wildman–Crippen MR) is 76.4 cm³/mol. The lowest BCUT2D eigenvalue weighted by atomic mass is 10.3. The fraction of sp³-hybridized carbons (Fsp3) is 0.583. The largest absolute Gasteiger partial charge is 0.385 e. The van der Waals surface area contributed by atoms with Crippen LogP contribution in [-0.2, 0) is 9.47 Å². The van der Waals surface area contributed by atoms with Crippen molar-refractivity contribution in [3.8, 4) is 0 Å². The minimum Gasteiger partial charge on any atom is -0.385 e. The fourth-order valence-electron chi connectivity index (χ4n) is 1.94. The highest BCUT2D eigenvalue weighted by molar-refractivity contribution is 6.29. The Morgan fingerprint density at radius 2 is 2.05 bits per heavy atom. The molecule has 0 spiro atoms. The van der Waals surface area contributed by atoms with Crippen molar-refractivity contribution in [2.75, 3.05) is 45.4 Å². The van der Waals surface area contributed by atoms with Crippen molar-refractivity contribution in [2.45, 2.75) is 6.42 Å². The molecule has 2 rings (SSSR count). The van der Waals surface area contributed by atoms with Crippen LogP contribution in [0.4, 0.5) is 5.82 Å². The maximum atomic E-state index is 6.05. The smallest absolute Gasteiger partial charge is 0.255 e. The van der Waals surface area contributed by atoms with Crippen molar-refractivity contribution in [3.05, 3.63) is 17.5 Å². The number of rotatable bonds is 8. The summed E-state index contributed by atoms with van der Waals surface area (Å²) in [6, 6.07) is 1.78. The van der Waals surface area contributed by atoms with E-state index in [1.165, 1.54) is 6.33 Å². The first-order chi connectivity index (χ1) is 9.76. The van der Waals surface area contributed by atoms with Crippen LogP contribution in [0, 0.1) is 0 Å². The van der Waals surface area contributed by atoms with Gasteiger partial charge in [0.1, 0.15) is 17.3 Å². The van der Waals surface area contributed by atoms with Crippen molar-refractivity contribution in [1.29, 1.82) is 0 Å². The van der Waals surface area contributed by atoms with Crippen LogP contribution in [0.25, 0.3) is 5.78 Å². The SMILES string of the molecule is COCCCN(CCOC)c1cc(Cl)nc2ncnn12. The third kappa shape index (κ3) is 3.56. The van der Waals surface area contributed by atoms with Crippen LogP contribution in [-0.4, -0.2) is 60.1 Å². The molecule has 0 saturated heterocycles. The number of aromatic nitrogens is 4. The van der Waals surface area contributed by atoms with Gasteiger partial charge in [0.2, 0.25) is 0 Å². The van der Waals surface area contributed by atoms with E-state index in [0.29, 0.717) is 24.1 Å². The topological polar surface area (TPSA) is 64.8 Å². The number of fused-ring (bicyclic) bond motifs is 1. The zero-order valence-corrected chi connectivity index (χ0v) is 12.4. The standard InChI is InChI=1S/C12H18ClN5O2/c1-19-6-3-4-17(5-7-20-2)11-8-10(13)16-12-14-9-15-18(11)12/h8-9H,3-7H2,1-2H3. The molecule has 8 heteroatoms. The van der Waals surface area contributed by atoms with Crippen molar-refractivity contribution >= 4 is 23.2 Å². The molecule has 2 heterocycles. The molecular formula is C12H18ClN5O2. The van der Waals surface area contributed by atoms with Crippen molar-refractivity contribution in [1.82, 2.24) is 19.6 Å². The van der Waals surface area contributed by atoms with Crippen LogP contribution in [0.3, 0.4) is 0 Å². The second-order valence-electron chi connectivity index (χ2n) is 4.24. The summed E-state index contributed by atoms with van der Waals surface area (Å²) < 4.78 is 11.9. The molecule has 0 fully saturated rings. The van der Waals surface area contributed by atoms with Gasteiger partial charge >= 0.3 is 0 Å². The molecule has 0 aliphatic carbocycles. The minimum atomic E-state index is 0.398. The Labute approximate surface area is 122 Å². The van der Waals surface area contributed by atoms with E-state index >= 15 is 0 Å². The summed E-state index contributed by atoms with van der Waals surface area (Å²) in [6.07, 6.45) is 2.36. The maximum absolute atomic E-state index is 6.05. The number of ether oxygens (including phenoxy) is 2. The molecule has 0 atom stereocenters. The molecule has 110 valence electrons. The maximum Gasteiger partial charge on any atom is 0.255 e. The molecule has 20 heavy (non-hydrogen) atoms. The lowest BCUT2D eigenvalue weighted by molar-refractivity contribution is 0.190. The first-order valence-electron chi connectivity index (χ1n) is 6.35. The molecule has 0 unspecified atom stereocenters. The van der Waals surface area contributed by atoms with Crippen molar-refractivity contribution < 1.29 is 9.47 Å². The highest BCUT2D eigenvalue weighted by atomic mass is 35.5. The highest BCUT2D eigenvalue weighted by Gasteiger charge is 2.13. The number of halogens is 1. The average Bonchev–Trinajstić information content (AvgIpc) is 2.90. The van der Waals surface area contributed by atoms with Crippen LogP contribution < -0.4 is 4.90 Å². The summed E-state index contributed by atoms with van der Waals surface area (Å²) >= 11 is 6.05. The lowest BCUT2D eigenvalue weighted by Gasteiger charge is -2.24. The van der Waals surface area contributed by atoms with E-state index in [-0.39, 0.29) is 0 Å². The van der Waals surface area contributed by atoms with Gasteiger partial charge in [0.15, 0.2) is 0 Å².